The molecule has 6 heteroatoms. The maximum Gasteiger partial charge on any atom is 0.241 e. The van der Waals surface area contributed by atoms with Crippen molar-refractivity contribution in [2.24, 2.45) is 0 Å². The van der Waals surface area contributed by atoms with Crippen LogP contribution in [-0.2, 0) is 10.0 Å². The average molecular weight is 311 g/mol. The van der Waals surface area contributed by atoms with Crippen molar-refractivity contribution in [3.05, 3.63) is 58.9 Å². The number of nitrogens with zero attached hydrogens (tertiary/aromatic N) is 1. The largest absolute Gasteiger partial charge is 0.265 e. The van der Waals surface area contributed by atoms with Gasteiger partial charge in [-0.3, -0.25) is 4.98 Å². The molecule has 1 atom stereocenters. The normalized spacial score (nSPS) is 13.2. The Morgan fingerprint density at radius 1 is 1.20 bits per heavy atom. The lowest BCUT2D eigenvalue weighted by Crippen LogP contribution is -2.27. The van der Waals surface area contributed by atoms with E-state index in [9.17, 15) is 8.42 Å². The Morgan fingerprint density at radius 2 is 1.85 bits per heavy atom. The van der Waals surface area contributed by atoms with E-state index in [0.717, 1.165) is 5.56 Å². The van der Waals surface area contributed by atoms with Gasteiger partial charge in [-0.1, -0.05) is 17.7 Å². The fourth-order valence-corrected chi connectivity index (χ4v) is 3.63. The Hall–Kier alpha value is -1.43. The van der Waals surface area contributed by atoms with Crippen LogP contribution in [0.5, 0.6) is 0 Å². The topological polar surface area (TPSA) is 59.1 Å². The van der Waals surface area contributed by atoms with Crippen LogP contribution in [0.2, 0.25) is 5.02 Å². The zero-order chi connectivity index (χ0) is 14.8. The standard InChI is InChI=1S/C14H15ClN2O2S/c1-10-13(15)4-3-5-14(10)20(18,19)17-11(2)12-6-8-16-9-7-12/h3-9,11,17H,1-2H3/t11-/m1/s1. The Labute approximate surface area is 123 Å². The fraction of sp³-hybridized carbons (Fsp3) is 0.214. The van der Waals surface area contributed by atoms with E-state index in [2.05, 4.69) is 9.71 Å². The number of pyridine rings is 1. The first-order valence-corrected chi connectivity index (χ1v) is 7.95. The van der Waals surface area contributed by atoms with Crippen molar-refractivity contribution in [2.75, 3.05) is 0 Å². The Balaban J connectivity index is 2.30. The van der Waals surface area contributed by atoms with Gasteiger partial charge in [0.1, 0.15) is 0 Å². The van der Waals surface area contributed by atoms with Gasteiger partial charge in [0.15, 0.2) is 0 Å². The minimum atomic E-state index is -3.62. The molecule has 4 nitrogen and oxygen atoms in total. The zero-order valence-electron chi connectivity index (χ0n) is 11.2. The van der Waals surface area contributed by atoms with Gasteiger partial charge in [0.25, 0.3) is 0 Å². The molecule has 0 saturated heterocycles. The van der Waals surface area contributed by atoms with Crippen LogP contribution in [-0.4, -0.2) is 13.4 Å². The van der Waals surface area contributed by atoms with E-state index in [4.69, 9.17) is 11.6 Å². The lowest BCUT2D eigenvalue weighted by molar-refractivity contribution is 0.566. The molecule has 0 bridgehead atoms. The summed E-state index contributed by atoms with van der Waals surface area (Å²) in [6.07, 6.45) is 3.26. The molecule has 0 radical (unpaired) electrons. The third-order valence-electron chi connectivity index (χ3n) is 3.05. The van der Waals surface area contributed by atoms with Crippen molar-refractivity contribution in [3.63, 3.8) is 0 Å². The second-order valence-corrected chi connectivity index (χ2v) is 6.58. The molecule has 0 spiro atoms. The zero-order valence-corrected chi connectivity index (χ0v) is 12.7. The van der Waals surface area contributed by atoms with Crippen molar-refractivity contribution in [3.8, 4) is 0 Å². The highest BCUT2D eigenvalue weighted by molar-refractivity contribution is 7.89. The van der Waals surface area contributed by atoms with Gasteiger partial charge in [-0.05, 0) is 49.2 Å². The maximum atomic E-state index is 12.4. The van der Waals surface area contributed by atoms with Crippen molar-refractivity contribution in [2.45, 2.75) is 24.8 Å². The fourth-order valence-electron chi connectivity index (χ4n) is 1.90. The van der Waals surface area contributed by atoms with E-state index >= 15 is 0 Å². The molecule has 0 fully saturated rings. The van der Waals surface area contributed by atoms with Gasteiger partial charge in [-0.15, -0.1) is 0 Å². The second-order valence-electron chi connectivity index (χ2n) is 4.49. The molecule has 1 heterocycles. The molecule has 2 aromatic rings. The van der Waals surface area contributed by atoms with Crippen LogP contribution >= 0.6 is 11.6 Å². The summed E-state index contributed by atoms with van der Waals surface area (Å²) in [4.78, 5) is 4.11. The number of hydrogen-bond acceptors (Lipinski definition) is 3. The van der Waals surface area contributed by atoms with Crippen LogP contribution in [0, 0.1) is 6.92 Å². The van der Waals surface area contributed by atoms with Gasteiger partial charge < -0.3 is 0 Å². The van der Waals surface area contributed by atoms with Crippen LogP contribution < -0.4 is 4.72 Å². The molecule has 0 saturated carbocycles. The Kier molecular flexibility index (Phi) is 4.42. The van der Waals surface area contributed by atoms with E-state index in [1.54, 1.807) is 56.6 Å². The summed E-state index contributed by atoms with van der Waals surface area (Å²) >= 11 is 5.97. The molecule has 1 aromatic heterocycles. The first-order valence-electron chi connectivity index (χ1n) is 6.09. The SMILES string of the molecule is Cc1c(Cl)cccc1S(=O)(=O)N[C@H](C)c1ccncc1. The highest BCUT2D eigenvalue weighted by Gasteiger charge is 2.21. The predicted octanol–water partition coefficient (Wildman–Crippen LogP) is 3.08. The third-order valence-corrected chi connectivity index (χ3v) is 5.14. The highest BCUT2D eigenvalue weighted by Crippen LogP contribution is 2.24. The number of aromatic nitrogens is 1. The summed E-state index contributed by atoms with van der Waals surface area (Å²) in [7, 11) is -3.62. The summed E-state index contributed by atoms with van der Waals surface area (Å²) in [5.41, 5.74) is 1.40. The van der Waals surface area contributed by atoms with Crippen LogP contribution in [0.4, 0.5) is 0 Å². The van der Waals surface area contributed by atoms with E-state index in [-0.39, 0.29) is 10.9 Å². The molecule has 0 aliphatic carbocycles. The van der Waals surface area contributed by atoms with E-state index in [1.165, 1.54) is 0 Å². The molecule has 0 amide bonds. The number of benzene rings is 1. The molecule has 106 valence electrons. The molecule has 0 aliphatic rings. The minimum Gasteiger partial charge on any atom is -0.265 e. The Morgan fingerprint density at radius 3 is 2.50 bits per heavy atom. The highest BCUT2D eigenvalue weighted by atomic mass is 35.5. The Bertz CT molecular complexity index is 702. The molecule has 0 aliphatic heterocycles. The van der Waals surface area contributed by atoms with Crippen LogP contribution in [0.3, 0.4) is 0 Å². The smallest absolute Gasteiger partial charge is 0.241 e. The maximum absolute atomic E-state index is 12.4. The number of sulfonamides is 1. The molecular weight excluding hydrogens is 296 g/mol. The van der Waals surface area contributed by atoms with Crippen molar-refractivity contribution >= 4 is 21.6 Å². The lowest BCUT2D eigenvalue weighted by atomic mass is 10.1. The van der Waals surface area contributed by atoms with Gasteiger partial charge in [0.05, 0.1) is 4.90 Å². The van der Waals surface area contributed by atoms with E-state index in [1.807, 2.05) is 0 Å². The van der Waals surface area contributed by atoms with Gasteiger partial charge in [0, 0.05) is 23.5 Å². The quantitative estimate of drug-likeness (QED) is 0.944. The lowest BCUT2D eigenvalue weighted by Gasteiger charge is -2.16. The van der Waals surface area contributed by atoms with Crippen LogP contribution in [0.25, 0.3) is 0 Å². The van der Waals surface area contributed by atoms with Crippen molar-refractivity contribution in [1.29, 1.82) is 0 Å². The first-order chi connectivity index (χ1) is 9.42. The summed E-state index contributed by atoms with van der Waals surface area (Å²) in [5.74, 6) is 0. The molecule has 20 heavy (non-hydrogen) atoms. The molecule has 1 aromatic carbocycles. The van der Waals surface area contributed by atoms with Gasteiger partial charge in [0.2, 0.25) is 10.0 Å². The third kappa shape index (κ3) is 3.17. The molecule has 2 rings (SSSR count). The number of halogens is 1. The molecule has 0 unspecified atom stereocenters. The van der Waals surface area contributed by atoms with Crippen LogP contribution in [0.15, 0.2) is 47.6 Å². The summed E-state index contributed by atoms with van der Waals surface area (Å²) in [6.45, 7) is 3.47. The number of rotatable bonds is 4. The summed E-state index contributed by atoms with van der Waals surface area (Å²) in [5, 5.41) is 0.435. The average Bonchev–Trinajstić information content (AvgIpc) is 2.42. The van der Waals surface area contributed by atoms with Crippen molar-refractivity contribution in [1.82, 2.24) is 9.71 Å². The van der Waals surface area contributed by atoms with Gasteiger partial charge in [-0.25, -0.2) is 13.1 Å². The molecule has 1 N–H and O–H groups in total. The van der Waals surface area contributed by atoms with Crippen molar-refractivity contribution < 1.29 is 8.42 Å². The minimum absolute atomic E-state index is 0.200. The predicted molar refractivity (Wildman–Crippen MR) is 79.2 cm³/mol. The second kappa shape index (κ2) is 5.91. The van der Waals surface area contributed by atoms with Gasteiger partial charge >= 0.3 is 0 Å². The monoisotopic (exact) mass is 310 g/mol. The van der Waals surface area contributed by atoms with Gasteiger partial charge in [-0.2, -0.15) is 0 Å². The number of nitrogens with one attached hydrogen (secondary N) is 1. The summed E-state index contributed by atoms with van der Waals surface area (Å²) < 4.78 is 27.4. The van der Waals surface area contributed by atoms with E-state index in [0.29, 0.717) is 10.6 Å². The van der Waals surface area contributed by atoms with Crippen LogP contribution in [0.1, 0.15) is 24.1 Å². The summed E-state index contributed by atoms with van der Waals surface area (Å²) in [6, 6.07) is 8.04. The number of hydrogen-bond donors (Lipinski definition) is 1. The van der Waals surface area contributed by atoms with E-state index < -0.39 is 10.0 Å². The molecular formula is C14H15ClN2O2S. The first kappa shape index (κ1) is 15.0.